The summed E-state index contributed by atoms with van der Waals surface area (Å²) in [5, 5.41) is 12.2. The quantitative estimate of drug-likeness (QED) is 0.826. The maximum absolute atomic E-state index is 10.9. The molecule has 0 aromatic heterocycles. The number of aliphatic carboxylic acids is 1. The minimum Gasteiger partial charge on any atom is -0.478 e. The minimum atomic E-state index is -1.23. The molecule has 0 aliphatic carbocycles. The van der Waals surface area contributed by atoms with Crippen molar-refractivity contribution in [2.45, 2.75) is 39.3 Å². The van der Waals surface area contributed by atoms with Crippen molar-refractivity contribution in [3.63, 3.8) is 0 Å². The molecule has 0 spiro atoms. The highest BCUT2D eigenvalue weighted by atomic mass is 16.5. The van der Waals surface area contributed by atoms with Gasteiger partial charge in [-0.2, -0.15) is 0 Å². The van der Waals surface area contributed by atoms with Crippen molar-refractivity contribution in [3.8, 4) is 5.75 Å². The van der Waals surface area contributed by atoms with Crippen molar-refractivity contribution in [1.29, 1.82) is 0 Å². The number of hydrogen-bond acceptors (Lipinski definition) is 3. The van der Waals surface area contributed by atoms with Crippen LogP contribution in [-0.2, 0) is 4.79 Å². The monoisotopic (exact) mass is 237 g/mol. The van der Waals surface area contributed by atoms with E-state index >= 15 is 0 Å². The molecule has 4 nitrogen and oxygen atoms in total. The van der Waals surface area contributed by atoms with Crippen molar-refractivity contribution in [2.75, 3.05) is 5.32 Å². The van der Waals surface area contributed by atoms with Gasteiger partial charge in [-0.05, 0) is 39.8 Å². The highest BCUT2D eigenvalue weighted by Gasteiger charge is 2.29. The fourth-order valence-corrected chi connectivity index (χ4v) is 1.32. The lowest BCUT2D eigenvalue weighted by molar-refractivity contribution is -0.152. The van der Waals surface area contributed by atoms with Gasteiger partial charge >= 0.3 is 5.97 Å². The molecule has 0 saturated carbocycles. The Hall–Kier alpha value is -1.71. The molecule has 1 aromatic rings. The van der Waals surface area contributed by atoms with E-state index in [1.807, 2.05) is 26.0 Å². The molecule has 0 aliphatic rings. The first-order valence-electron chi connectivity index (χ1n) is 5.60. The molecule has 94 valence electrons. The second-order valence-corrected chi connectivity index (χ2v) is 4.74. The third-order valence-electron chi connectivity index (χ3n) is 2.18. The van der Waals surface area contributed by atoms with E-state index in [2.05, 4.69) is 5.32 Å². The van der Waals surface area contributed by atoms with E-state index in [0.717, 1.165) is 5.69 Å². The van der Waals surface area contributed by atoms with Crippen LogP contribution in [0.3, 0.4) is 0 Å². The van der Waals surface area contributed by atoms with Crippen LogP contribution in [0.5, 0.6) is 5.75 Å². The van der Waals surface area contributed by atoms with Gasteiger partial charge in [-0.1, -0.05) is 6.07 Å². The number of carboxylic acid groups (broad SMARTS) is 1. The lowest BCUT2D eigenvalue weighted by Crippen LogP contribution is -2.37. The molecule has 0 radical (unpaired) electrons. The van der Waals surface area contributed by atoms with Crippen LogP contribution in [0.15, 0.2) is 24.3 Å². The van der Waals surface area contributed by atoms with Crippen LogP contribution in [0, 0.1) is 0 Å². The van der Waals surface area contributed by atoms with Gasteiger partial charge in [0.15, 0.2) is 5.60 Å². The zero-order chi connectivity index (χ0) is 13.1. The van der Waals surface area contributed by atoms with Crippen molar-refractivity contribution >= 4 is 11.7 Å². The SMILES string of the molecule is CC(C)Nc1cccc(OC(C)(C)C(=O)O)c1. The zero-order valence-corrected chi connectivity index (χ0v) is 10.7. The molecular formula is C13H19NO3. The van der Waals surface area contributed by atoms with Crippen LogP contribution in [0.4, 0.5) is 5.69 Å². The van der Waals surface area contributed by atoms with Crippen molar-refractivity contribution in [3.05, 3.63) is 24.3 Å². The summed E-state index contributed by atoms with van der Waals surface area (Å²) < 4.78 is 5.45. The predicted octanol–water partition coefficient (Wildman–Crippen LogP) is 2.75. The van der Waals surface area contributed by atoms with E-state index in [9.17, 15) is 4.79 Å². The van der Waals surface area contributed by atoms with Gasteiger partial charge in [0, 0.05) is 17.8 Å². The maximum Gasteiger partial charge on any atom is 0.347 e. The van der Waals surface area contributed by atoms with E-state index < -0.39 is 11.6 Å². The van der Waals surface area contributed by atoms with Crippen LogP contribution in [-0.4, -0.2) is 22.7 Å². The molecule has 0 fully saturated rings. The third-order valence-corrected chi connectivity index (χ3v) is 2.18. The molecule has 0 bridgehead atoms. The number of anilines is 1. The summed E-state index contributed by atoms with van der Waals surface area (Å²) >= 11 is 0. The molecule has 0 atom stereocenters. The molecule has 1 rings (SSSR count). The number of benzene rings is 1. The summed E-state index contributed by atoms with van der Waals surface area (Å²) in [6.07, 6.45) is 0. The summed E-state index contributed by atoms with van der Waals surface area (Å²) in [5.74, 6) is -0.442. The summed E-state index contributed by atoms with van der Waals surface area (Å²) in [5.41, 5.74) is -0.310. The van der Waals surface area contributed by atoms with Crippen molar-refractivity contribution in [2.24, 2.45) is 0 Å². The highest BCUT2D eigenvalue weighted by molar-refractivity contribution is 5.76. The lowest BCUT2D eigenvalue weighted by atomic mass is 10.1. The van der Waals surface area contributed by atoms with E-state index in [-0.39, 0.29) is 0 Å². The minimum absolute atomic E-state index is 0.317. The average molecular weight is 237 g/mol. The Kier molecular flexibility index (Phi) is 3.99. The summed E-state index contributed by atoms with van der Waals surface area (Å²) in [4.78, 5) is 10.9. The highest BCUT2D eigenvalue weighted by Crippen LogP contribution is 2.22. The summed E-state index contributed by atoms with van der Waals surface area (Å²) in [6, 6.07) is 7.61. The Morgan fingerprint density at radius 3 is 2.59 bits per heavy atom. The van der Waals surface area contributed by atoms with Gasteiger partial charge in [-0.15, -0.1) is 0 Å². The lowest BCUT2D eigenvalue weighted by Gasteiger charge is -2.22. The molecule has 0 aliphatic heterocycles. The number of carboxylic acids is 1. The fraction of sp³-hybridized carbons (Fsp3) is 0.462. The van der Waals surface area contributed by atoms with Crippen molar-refractivity contribution in [1.82, 2.24) is 0 Å². The second-order valence-electron chi connectivity index (χ2n) is 4.74. The number of ether oxygens (including phenoxy) is 1. The van der Waals surface area contributed by atoms with E-state index in [1.54, 1.807) is 12.1 Å². The molecule has 17 heavy (non-hydrogen) atoms. The van der Waals surface area contributed by atoms with Gasteiger partial charge in [0.05, 0.1) is 0 Å². The number of rotatable bonds is 5. The van der Waals surface area contributed by atoms with Crippen LogP contribution in [0.2, 0.25) is 0 Å². The molecular weight excluding hydrogens is 218 g/mol. The predicted molar refractivity (Wildman–Crippen MR) is 67.5 cm³/mol. The number of nitrogens with one attached hydrogen (secondary N) is 1. The van der Waals surface area contributed by atoms with Gasteiger partial charge in [0.2, 0.25) is 0 Å². The molecule has 1 aromatic carbocycles. The maximum atomic E-state index is 10.9. The largest absolute Gasteiger partial charge is 0.478 e. The number of hydrogen-bond donors (Lipinski definition) is 2. The summed E-state index contributed by atoms with van der Waals surface area (Å²) in [7, 11) is 0. The van der Waals surface area contributed by atoms with Gasteiger partial charge in [-0.25, -0.2) is 4.79 Å². The fourth-order valence-electron chi connectivity index (χ4n) is 1.32. The molecule has 0 unspecified atom stereocenters. The Labute approximate surface area is 102 Å². The van der Waals surface area contributed by atoms with Gasteiger partial charge in [0.25, 0.3) is 0 Å². The smallest absolute Gasteiger partial charge is 0.347 e. The van der Waals surface area contributed by atoms with Crippen molar-refractivity contribution < 1.29 is 14.6 Å². The molecule has 0 heterocycles. The third kappa shape index (κ3) is 3.98. The molecule has 4 heteroatoms. The van der Waals surface area contributed by atoms with Crippen LogP contribution in [0.25, 0.3) is 0 Å². The Morgan fingerprint density at radius 2 is 2.06 bits per heavy atom. The van der Waals surface area contributed by atoms with Crippen LogP contribution in [0.1, 0.15) is 27.7 Å². The Balaban J connectivity index is 2.82. The second kappa shape index (κ2) is 5.08. The van der Waals surface area contributed by atoms with E-state index in [0.29, 0.717) is 11.8 Å². The van der Waals surface area contributed by atoms with Crippen LogP contribution >= 0.6 is 0 Å². The first-order chi connectivity index (χ1) is 7.81. The topological polar surface area (TPSA) is 58.6 Å². The molecule has 2 N–H and O–H groups in total. The Morgan fingerprint density at radius 1 is 1.41 bits per heavy atom. The first kappa shape index (κ1) is 13.4. The summed E-state index contributed by atoms with van der Waals surface area (Å²) in [6.45, 7) is 7.12. The van der Waals surface area contributed by atoms with E-state index in [4.69, 9.17) is 9.84 Å². The zero-order valence-electron chi connectivity index (χ0n) is 10.7. The Bertz CT molecular complexity index is 399. The van der Waals surface area contributed by atoms with E-state index in [1.165, 1.54) is 13.8 Å². The standard InChI is InChI=1S/C13H19NO3/c1-9(2)14-10-6-5-7-11(8-10)17-13(3,4)12(15)16/h5-9,14H,1-4H3,(H,15,16). The van der Waals surface area contributed by atoms with Gasteiger partial charge in [-0.3, -0.25) is 0 Å². The normalized spacial score (nSPS) is 11.4. The first-order valence-corrected chi connectivity index (χ1v) is 5.60. The average Bonchev–Trinajstić information content (AvgIpc) is 2.15. The van der Waals surface area contributed by atoms with Crippen LogP contribution < -0.4 is 10.1 Å². The molecule has 0 amide bonds. The van der Waals surface area contributed by atoms with Gasteiger partial charge in [0.1, 0.15) is 5.75 Å². The number of carbonyl (C=O) groups is 1. The molecule has 0 saturated heterocycles. The van der Waals surface area contributed by atoms with Gasteiger partial charge < -0.3 is 15.2 Å².